The zero-order valence-electron chi connectivity index (χ0n) is 10.9. The molecule has 0 atom stereocenters. The van der Waals surface area contributed by atoms with Crippen molar-refractivity contribution in [3.05, 3.63) is 29.8 Å². The first-order valence-electron chi connectivity index (χ1n) is 5.90. The highest BCUT2D eigenvalue weighted by Crippen LogP contribution is 2.15. The minimum atomic E-state index is 0.386. The van der Waals surface area contributed by atoms with Gasteiger partial charge in [-0.2, -0.15) is 5.10 Å². The predicted molar refractivity (Wildman–Crippen MR) is 71.1 cm³/mol. The van der Waals surface area contributed by atoms with Gasteiger partial charge in [-0.15, -0.1) is 0 Å². The van der Waals surface area contributed by atoms with Crippen molar-refractivity contribution in [2.75, 3.05) is 11.1 Å². The van der Waals surface area contributed by atoms with Crippen LogP contribution < -0.4 is 11.1 Å². The SMILES string of the molecule is CC(C)c1cc(NCc2cnn(C)c2N)ncn1. The minimum absolute atomic E-state index is 0.386. The van der Waals surface area contributed by atoms with Crippen LogP contribution in [0.1, 0.15) is 31.0 Å². The molecule has 2 aromatic rings. The number of nitrogens with two attached hydrogens (primary N) is 1. The molecule has 2 heterocycles. The Bertz CT molecular complexity index is 531. The Labute approximate surface area is 106 Å². The number of hydrogen-bond acceptors (Lipinski definition) is 5. The highest BCUT2D eigenvalue weighted by atomic mass is 15.3. The highest BCUT2D eigenvalue weighted by molar-refractivity contribution is 5.43. The van der Waals surface area contributed by atoms with E-state index >= 15 is 0 Å². The van der Waals surface area contributed by atoms with Gasteiger partial charge in [0, 0.05) is 30.9 Å². The lowest BCUT2D eigenvalue weighted by Gasteiger charge is -2.08. The van der Waals surface area contributed by atoms with Crippen molar-refractivity contribution in [3.8, 4) is 0 Å². The number of nitrogen functional groups attached to an aromatic ring is 1. The number of anilines is 2. The van der Waals surface area contributed by atoms with E-state index in [0.717, 1.165) is 17.1 Å². The van der Waals surface area contributed by atoms with Crippen LogP contribution in [-0.4, -0.2) is 19.7 Å². The third kappa shape index (κ3) is 2.58. The van der Waals surface area contributed by atoms with Crippen molar-refractivity contribution in [1.29, 1.82) is 0 Å². The van der Waals surface area contributed by atoms with E-state index in [1.165, 1.54) is 0 Å². The molecule has 0 saturated carbocycles. The van der Waals surface area contributed by atoms with Crippen LogP contribution in [0.2, 0.25) is 0 Å². The molecule has 0 unspecified atom stereocenters. The van der Waals surface area contributed by atoms with E-state index in [1.807, 2.05) is 13.1 Å². The first-order chi connectivity index (χ1) is 8.58. The lowest BCUT2D eigenvalue weighted by Crippen LogP contribution is -2.06. The summed E-state index contributed by atoms with van der Waals surface area (Å²) in [5.74, 6) is 1.86. The Morgan fingerprint density at radius 2 is 2.17 bits per heavy atom. The molecular formula is C12H18N6. The summed E-state index contributed by atoms with van der Waals surface area (Å²) in [6.45, 7) is 4.81. The fourth-order valence-corrected chi connectivity index (χ4v) is 1.60. The van der Waals surface area contributed by atoms with Crippen molar-refractivity contribution < 1.29 is 0 Å². The Balaban J connectivity index is 2.06. The summed E-state index contributed by atoms with van der Waals surface area (Å²) < 4.78 is 1.65. The van der Waals surface area contributed by atoms with Crippen molar-refractivity contribution in [2.45, 2.75) is 26.3 Å². The van der Waals surface area contributed by atoms with Crippen LogP contribution in [-0.2, 0) is 13.6 Å². The minimum Gasteiger partial charge on any atom is -0.384 e. The van der Waals surface area contributed by atoms with Gasteiger partial charge in [-0.3, -0.25) is 4.68 Å². The molecule has 6 heteroatoms. The number of aryl methyl sites for hydroxylation is 1. The number of rotatable bonds is 4. The number of nitrogens with zero attached hydrogens (tertiary/aromatic N) is 4. The lowest BCUT2D eigenvalue weighted by molar-refractivity contribution is 0.778. The van der Waals surface area contributed by atoms with Crippen LogP contribution in [0.15, 0.2) is 18.6 Å². The zero-order chi connectivity index (χ0) is 13.1. The Morgan fingerprint density at radius 1 is 1.39 bits per heavy atom. The molecule has 0 saturated heterocycles. The van der Waals surface area contributed by atoms with Gasteiger partial charge in [0.25, 0.3) is 0 Å². The molecule has 2 rings (SSSR count). The van der Waals surface area contributed by atoms with Crippen LogP contribution in [0.3, 0.4) is 0 Å². The number of hydrogen-bond donors (Lipinski definition) is 2. The lowest BCUT2D eigenvalue weighted by atomic mass is 10.1. The third-order valence-electron chi connectivity index (χ3n) is 2.80. The van der Waals surface area contributed by atoms with E-state index in [1.54, 1.807) is 17.2 Å². The van der Waals surface area contributed by atoms with Gasteiger partial charge < -0.3 is 11.1 Å². The van der Waals surface area contributed by atoms with Crippen LogP contribution >= 0.6 is 0 Å². The van der Waals surface area contributed by atoms with Crippen LogP contribution in [0.25, 0.3) is 0 Å². The van der Waals surface area contributed by atoms with Crippen molar-refractivity contribution in [2.24, 2.45) is 7.05 Å². The van der Waals surface area contributed by atoms with Gasteiger partial charge in [0.15, 0.2) is 0 Å². The van der Waals surface area contributed by atoms with E-state index < -0.39 is 0 Å². The van der Waals surface area contributed by atoms with Crippen molar-refractivity contribution >= 4 is 11.6 Å². The molecule has 0 bridgehead atoms. The summed E-state index contributed by atoms with van der Waals surface area (Å²) in [5, 5.41) is 7.32. The molecule has 96 valence electrons. The third-order valence-corrected chi connectivity index (χ3v) is 2.80. The largest absolute Gasteiger partial charge is 0.384 e. The Kier molecular flexibility index (Phi) is 3.45. The standard InChI is InChI=1S/C12H18N6/c1-8(2)10-4-11(16-7-15-10)14-5-9-6-17-18(3)12(9)13/h4,6-8H,5,13H2,1-3H3,(H,14,15,16). The molecule has 0 amide bonds. The summed E-state index contributed by atoms with van der Waals surface area (Å²) in [6, 6.07) is 1.96. The van der Waals surface area contributed by atoms with E-state index in [4.69, 9.17) is 5.73 Å². The van der Waals surface area contributed by atoms with Crippen molar-refractivity contribution in [3.63, 3.8) is 0 Å². The quantitative estimate of drug-likeness (QED) is 0.855. The summed E-state index contributed by atoms with van der Waals surface area (Å²) in [6.07, 6.45) is 3.33. The van der Waals surface area contributed by atoms with Gasteiger partial charge in [0.1, 0.15) is 18.0 Å². The number of aromatic nitrogens is 4. The topological polar surface area (TPSA) is 81.7 Å². The fourth-order valence-electron chi connectivity index (χ4n) is 1.60. The van der Waals surface area contributed by atoms with Gasteiger partial charge in [-0.25, -0.2) is 9.97 Å². The second-order valence-electron chi connectivity index (χ2n) is 4.52. The molecule has 0 aromatic carbocycles. The molecule has 0 aliphatic rings. The second-order valence-corrected chi connectivity index (χ2v) is 4.52. The molecule has 0 radical (unpaired) electrons. The summed E-state index contributed by atoms with van der Waals surface area (Å²) in [4.78, 5) is 8.41. The highest BCUT2D eigenvalue weighted by Gasteiger charge is 2.06. The monoisotopic (exact) mass is 246 g/mol. The van der Waals surface area contributed by atoms with Gasteiger partial charge in [0.05, 0.1) is 6.20 Å². The Hall–Kier alpha value is -2.11. The zero-order valence-corrected chi connectivity index (χ0v) is 10.9. The van der Waals surface area contributed by atoms with Crippen LogP contribution in [0, 0.1) is 0 Å². The second kappa shape index (κ2) is 5.03. The number of nitrogens with one attached hydrogen (secondary N) is 1. The average Bonchev–Trinajstić information content (AvgIpc) is 2.68. The molecular weight excluding hydrogens is 228 g/mol. The average molecular weight is 246 g/mol. The van der Waals surface area contributed by atoms with E-state index in [0.29, 0.717) is 18.3 Å². The molecule has 6 nitrogen and oxygen atoms in total. The first kappa shape index (κ1) is 12.3. The van der Waals surface area contributed by atoms with E-state index in [2.05, 4.69) is 34.2 Å². The maximum Gasteiger partial charge on any atom is 0.129 e. The van der Waals surface area contributed by atoms with Crippen LogP contribution in [0.4, 0.5) is 11.6 Å². The van der Waals surface area contributed by atoms with Gasteiger partial charge in [-0.05, 0) is 5.92 Å². The predicted octanol–water partition coefficient (Wildman–Crippen LogP) is 1.53. The molecule has 0 fully saturated rings. The maximum atomic E-state index is 5.87. The molecule has 0 aliphatic heterocycles. The summed E-state index contributed by atoms with van der Waals surface area (Å²) in [5.41, 5.74) is 7.85. The maximum absolute atomic E-state index is 5.87. The first-order valence-corrected chi connectivity index (χ1v) is 5.90. The normalized spacial score (nSPS) is 10.9. The molecule has 18 heavy (non-hydrogen) atoms. The smallest absolute Gasteiger partial charge is 0.129 e. The summed E-state index contributed by atoms with van der Waals surface area (Å²) in [7, 11) is 1.82. The molecule has 3 N–H and O–H groups in total. The van der Waals surface area contributed by atoms with Gasteiger partial charge in [0.2, 0.25) is 0 Å². The van der Waals surface area contributed by atoms with Crippen molar-refractivity contribution in [1.82, 2.24) is 19.7 Å². The van der Waals surface area contributed by atoms with Gasteiger partial charge in [-0.1, -0.05) is 13.8 Å². The van der Waals surface area contributed by atoms with Gasteiger partial charge >= 0.3 is 0 Å². The molecule has 0 aliphatic carbocycles. The summed E-state index contributed by atoms with van der Waals surface area (Å²) >= 11 is 0. The Morgan fingerprint density at radius 3 is 2.78 bits per heavy atom. The fraction of sp³-hybridized carbons (Fsp3) is 0.417. The van der Waals surface area contributed by atoms with Crippen LogP contribution in [0.5, 0.6) is 0 Å². The molecule has 2 aromatic heterocycles. The van der Waals surface area contributed by atoms with E-state index in [9.17, 15) is 0 Å². The van der Waals surface area contributed by atoms with E-state index in [-0.39, 0.29) is 0 Å². The molecule has 0 spiro atoms.